The summed E-state index contributed by atoms with van der Waals surface area (Å²) in [6, 6.07) is 3.34. The van der Waals surface area contributed by atoms with Gasteiger partial charge in [0.25, 0.3) is 5.78 Å². The monoisotopic (exact) mass is 387 g/mol. The van der Waals surface area contributed by atoms with Crippen LogP contribution in [0.4, 0.5) is 5.69 Å². The lowest BCUT2D eigenvalue weighted by atomic mass is 10.1. The van der Waals surface area contributed by atoms with E-state index in [1.54, 1.807) is 16.6 Å². The molecule has 0 unspecified atom stereocenters. The number of aryl methyl sites for hydroxylation is 2. The molecule has 1 N–H and O–H groups in total. The maximum absolute atomic E-state index is 12.4. The van der Waals surface area contributed by atoms with Gasteiger partial charge in [-0.3, -0.25) is 4.79 Å². The van der Waals surface area contributed by atoms with Crippen molar-refractivity contribution in [3.05, 3.63) is 40.4 Å². The van der Waals surface area contributed by atoms with E-state index in [1.165, 1.54) is 6.33 Å². The van der Waals surface area contributed by atoms with Crippen molar-refractivity contribution in [3.8, 4) is 11.5 Å². The smallest absolute Gasteiger partial charge is 0.252 e. The van der Waals surface area contributed by atoms with Gasteiger partial charge in [-0.2, -0.15) is 10.1 Å². The van der Waals surface area contributed by atoms with E-state index in [0.29, 0.717) is 47.6 Å². The first-order valence-corrected chi connectivity index (χ1v) is 8.95. The molecule has 9 heteroatoms. The second-order valence-electron chi connectivity index (χ2n) is 6.26. The summed E-state index contributed by atoms with van der Waals surface area (Å²) in [6.07, 6.45) is 2.29. The van der Waals surface area contributed by atoms with Crippen molar-refractivity contribution in [1.82, 2.24) is 19.6 Å². The molecule has 1 aliphatic rings. The number of halogens is 1. The fraction of sp³-hybridized carbons (Fsp3) is 0.333. The molecule has 0 bridgehead atoms. The molecular weight excluding hydrogens is 370 g/mol. The van der Waals surface area contributed by atoms with Crippen LogP contribution in [0.2, 0.25) is 5.02 Å². The van der Waals surface area contributed by atoms with E-state index in [2.05, 4.69) is 20.4 Å². The Morgan fingerprint density at radius 3 is 2.78 bits per heavy atom. The zero-order valence-corrected chi connectivity index (χ0v) is 15.7. The summed E-state index contributed by atoms with van der Waals surface area (Å²) < 4.78 is 12.7. The summed E-state index contributed by atoms with van der Waals surface area (Å²) in [5, 5.41) is 7.41. The van der Waals surface area contributed by atoms with E-state index >= 15 is 0 Å². The summed E-state index contributed by atoms with van der Waals surface area (Å²) in [7, 11) is 0. The number of anilines is 1. The average molecular weight is 388 g/mol. The molecule has 1 aliphatic heterocycles. The van der Waals surface area contributed by atoms with Crippen LogP contribution in [0.15, 0.2) is 18.5 Å². The van der Waals surface area contributed by atoms with E-state index in [-0.39, 0.29) is 12.3 Å². The highest BCUT2D eigenvalue weighted by molar-refractivity contribution is 6.34. The van der Waals surface area contributed by atoms with Crippen molar-refractivity contribution in [2.75, 3.05) is 18.5 Å². The van der Waals surface area contributed by atoms with Gasteiger partial charge in [-0.05, 0) is 25.8 Å². The highest BCUT2D eigenvalue weighted by atomic mass is 35.5. The van der Waals surface area contributed by atoms with Gasteiger partial charge in [0.15, 0.2) is 11.5 Å². The fourth-order valence-corrected chi connectivity index (χ4v) is 3.33. The molecule has 1 amide bonds. The van der Waals surface area contributed by atoms with Gasteiger partial charge in [0, 0.05) is 29.9 Å². The molecule has 0 fully saturated rings. The molecule has 3 aromatic rings. The highest BCUT2D eigenvalue weighted by Crippen LogP contribution is 2.38. The molecule has 8 nitrogen and oxygen atoms in total. The predicted molar refractivity (Wildman–Crippen MR) is 99.6 cm³/mol. The molecule has 3 heterocycles. The largest absolute Gasteiger partial charge is 0.486 e. The molecule has 4 rings (SSSR count). The molecule has 0 radical (unpaired) electrons. The second-order valence-corrected chi connectivity index (χ2v) is 6.66. The SMILES string of the molecule is Cc1nc2ncnn2c(C)c1CCC(=O)Nc1cc2c(cc1Cl)OCCO2. The number of carbonyl (C=O) groups is 1. The Balaban J connectivity index is 1.48. The summed E-state index contributed by atoms with van der Waals surface area (Å²) in [5.41, 5.74) is 3.26. The average Bonchev–Trinajstić information content (AvgIpc) is 3.10. The van der Waals surface area contributed by atoms with Crippen molar-refractivity contribution in [2.45, 2.75) is 26.7 Å². The molecule has 2 aromatic heterocycles. The standard InChI is InChI=1S/C18H18ClN5O3/c1-10-12(11(2)24-18(22-10)20-9-21-24)3-4-17(25)23-14-8-16-15(7-13(14)19)26-5-6-27-16/h7-9H,3-6H2,1-2H3,(H,23,25). The third kappa shape index (κ3) is 3.40. The van der Waals surface area contributed by atoms with Gasteiger partial charge in [0.05, 0.1) is 10.7 Å². The lowest BCUT2D eigenvalue weighted by Gasteiger charge is -2.20. The lowest BCUT2D eigenvalue weighted by molar-refractivity contribution is -0.116. The third-order valence-corrected chi connectivity index (χ3v) is 4.81. The predicted octanol–water partition coefficient (Wildman–Crippen LogP) is 2.74. The molecule has 0 aliphatic carbocycles. The molecule has 1 aromatic carbocycles. The fourth-order valence-electron chi connectivity index (χ4n) is 3.13. The Hall–Kier alpha value is -2.87. The molecule has 140 valence electrons. The van der Waals surface area contributed by atoms with Gasteiger partial charge in [-0.25, -0.2) is 9.50 Å². The summed E-state index contributed by atoms with van der Waals surface area (Å²) in [6.45, 7) is 4.81. The van der Waals surface area contributed by atoms with E-state index in [4.69, 9.17) is 21.1 Å². The van der Waals surface area contributed by atoms with Crippen LogP contribution in [0.1, 0.15) is 23.4 Å². The number of fused-ring (bicyclic) bond motifs is 2. The number of amides is 1. The number of nitrogens with zero attached hydrogens (tertiary/aromatic N) is 4. The minimum Gasteiger partial charge on any atom is -0.486 e. The van der Waals surface area contributed by atoms with Crippen molar-refractivity contribution in [3.63, 3.8) is 0 Å². The van der Waals surface area contributed by atoms with Crippen molar-refractivity contribution < 1.29 is 14.3 Å². The number of hydrogen-bond acceptors (Lipinski definition) is 6. The van der Waals surface area contributed by atoms with E-state index in [9.17, 15) is 4.79 Å². The molecule has 0 spiro atoms. The zero-order valence-electron chi connectivity index (χ0n) is 15.0. The summed E-state index contributed by atoms with van der Waals surface area (Å²) in [5.74, 6) is 1.57. The molecule has 0 saturated heterocycles. The molecule has 27 heavy (non-hydrogen) atoms. The van der Waals surface area contributed by atoms with Gasteiger partial charge in [-0.1, -0.05) is 11.6 Å². The van der Waals surface area contributed by atoms with E-state index in [0.717, 1.165) is 17.0 Å². The van der Waals surface area contributed by atoms with Crippen molar-refractivity contribution in [2.24, 2.45) is 0 Å². The first-order valence-electron chi connectivity index (χ1n) is 8.57. The maximum atomic E-state index is 12.4. The van der Waals surface area contributed by atoms with Gasteiger partial charge < -0.3 is 14.8 Å². The zero-order chi connectivity index (χ0) is 19.0. The summed E-state index contributed by atoms with van der Waals surface area (Å²) in [4.78, 5) is 21.0. The lowest BCUT2D eigenvalue weighted by Crippen LogP contribution is -2.17. The van der Waals surface area contributed by atoms with Crippen LogP contribution < -0.4 is 14.8 Å². The van der Waals surface area contributed by atoms with E-state index < -0.39 is 0 Å². The normalized spacial score (nSPS) is 13.0. The Kier molecular flexibility index (Phi) is 4.57. The number of nitrogens with one attached hydrogen (secondary N) is 1. The number of ether oxygens (including phenoxy) is 2. The molecule has 0 saturated carbocycles. The minimum absolute atomic E-state index is 0.147. The first-order chi connectivity index (χ1) is 13.0. The number of benzene rings is 1. The number of carbonyl (C=O) groups excluding carboxylic acids is 1. The van der Waals surface area contributed by atoms with Crippen LogP contribution in [-0.2, 0) is 11.2 Å². The third-order valence-electron chi connectivity index (χ3n) is 4.50. The van der Waals surface area contributed by atoms with Gasteiger partial charge in [0.2, 0.25) is 5.91 Å². The minimum atomic E-state index is -0.147. The Labute approximate surface area is 160 Å². The van der Waals surface area contributed by atoms with Crippen LogP contribution in [-0.4, -0.2) is 38.7 Å². The molecule has 0 atom stereocenters. The Bertz CT molecular complexity index is 1030. The number of rotatable bonds is 4. The Morgan fingerprint density at radius 2 is 2.00 bits per heavy atom. The van der Waals surface area contributed by atoms with E-state index in [1.807, 2.05) is 13.8 Å². The quantitative estimate of drug-likeness (QED) is 0.740. The molecular formula is C18H18ClN5O3. The van der Waals surface area contributed by atoms with Crippen molar-refractivity contribution >= 4 is 29.0 Å². The van der Waals surface area contributed by atoms with Crippen LogP contribution in [0, 0.1) is 13.8 Å². The van der Waals surface area contributed by atoms with Crippen molar-refractivity contribution in [1.29, 1.82) is 0 Å². The van der Waals surface area contributed by atoms with Crippen LogP contribution in [0.5, 0.6) is 11.5 Å². The second kappa shape index (κ2) is 7.03. The highest BCUT2D eigenvalue weighted by Gasteiger charge is 2.17. The van der Waals surface area contributed by atoms with Gasteiger partial charge >= 0.3 is 0 Å². The Morgan fingerprint density at radius 1 is 1.26 bits per heavy atom. The van der Waals surface area contributed by atoms with Gasteiger partial charge in [-0.15, -0.1) is 0 Å². The van der Waals surface area contributed by atoms with Crippen LogP contribution >= 0.6 is 11.6 Å². The summed E-state index contributed by atoms with van der Waals surface area (Å²) >= 11 is 6.25. The first kappa shape index (κ1) is 17.5. The van der Waals surface area contributed by atoms with Crippen LogP contribution in [0.3, 0.4) is 0 Å². The number of hydrogen-bond donors (Lipinski definition) is 1. The number of aromatic nitrogens is 4. The van der Waals surface area contributed by atoms with Crippen LogP contribution in [0.25, 0.3) is 5.78 Å². The topological polar surface area (TPSA) is 90.6 Å². The van der Waals surface area contributed by atoms with Gasteiger partial charge in [0.1, 0.15) is 19.5 Å². The maximum Gasteiger partial charge on any atom is 0.252 e.